The first-order valence-corrected chi connectivity index (χ1v) is 6.58. The van der Waals surface area contributed by atoms with E-state index in [9.17, 15) is 9.90 Å². The molecule has 0 aliphatic heterocycles. The molecule has 1 atom stereocenters. The van der Waals surface area contributed by atoms with Crippen LogP contribution in [0.5, 0.6) is 0 Å². The van der Waals surface area contributed by atoms with Crippen LogP contribution < -0.4 is 10.6 Å². The summed E-state index contributed by atoms with van der Waals surface area (Å²) in [5.41, 5.74) is -0.586. The molecule has 0 spiro atoms. The van der Waals surface area contributed by atoms with Crippen LogP contribution in [0.25, 0.3) is 0 Å². The highest BCUT2D eigenvalue weighted by Crippen LogP contribution is 2.10. The summed E-state index contributed by atoms with van der Waals surface area (Å²) in [7, 11) is 0. The number of aliphatic hydroxyl groups excluding tert-OH is 1. The normalized spacial score (nSPS) is 13.9. The summed E-state index contributed by atoms with van der Waals surface area (Å²) < 4.78 is 1.86. The van der Waals surface area contributed by atoms with Gasteiger partial charge in [-0.05, 0) is 20.3 Å². The Morgan fingerprint density at radius 3 is 2.84 bits per heavy atom. The zero-order chi connectivity index (χ0) is 14.3. The molecule has 3 N–H and O–H groups in total. The van der Waals surface area contributed by atoms with Gasteiger partial charge in [0.2, 0.25) is 0 Å². The van der Waals surface area contributed by atoms with Gasteiger partial charge in [-0.2, -0.15) is 0 Å². The summed E-state index contributed by atoms with van der Waals surface area (Å²) in [4.78, 5) is 11.8. The number of urea groups is 1. The molecule has 1 rings (SSSR count). The third kappa shape index (κ3) is 4.51. The van der Waals surface area contributed by atoms with Gasteiger partial charge in [0.25, 0.3) is 0 Å². The fourth-order valence-electron chi connectivity index (χ4n) is 1.89. The second-order valence-electron chi connectivity index (χ2n) is 4.81. The van der Waals surface area contributed by atoms with Crippen LogP contribution in [0.4, 0.5) is 4.79 Å². The quantitative estimate of drug-likeness (QED) is 0.677. The predicted octanol–water partition coefficient (Wildman–Crippen LogP) is 0.648. The lowest BCUT2D eigenvalue weighted by molar-refractivity contribution is 0.163. The molecule has 0 aliphatic carbocycles. The first-order chi connectivity index (χ1) is 9.04. The third-order valence-electron chi connectivity index (χ3n) is 3.01. The van der Waals surface area contributed by atoms with Crippen molar-refractivity contribution in [1.82, 2.24) is 25.4 Å². The Morgan fingerprint density at radius 2 is 2.26 bits per heavy atom. The van der Waals surface area contributed by atoms with Gasteiger partial charge in [-0.25, -0.2) is 4.79 Å². The van der Waals surface area contributed by atoms with E-state index in [0.29, 0.717) is 12.4 Å². The topological polar surface area (TPSA) is 92.1 Å². The molecule has 0 aromatic carbocycles. The van der Waals surface area contributed by atoms with Crippen LogP contribution >= 0.6 is 0 Å². The molecule has 19 heavy (non-hydrogen) atoms. The molecule has 108 valence electrons. The van der Waals surface area contributed by atoms with Crippen LogP contribution in [-0.2, 0) is 13.1 Å². The number of amides is 2. The lowest BCUT2D eigenvalue weighted by atomic mass is 9.98. The standard InChI is InChI=1S/C12H23N5O2/c1-4-6-12(3,8-18)15-11(19)13-7-10-16-14-9-17(10)5-2/h9,18H,4-8H2,1-3H3,(H2,13,15,19). The summed E-state index contributed by atoms with van der Waals surface area (Å²) in [5.74, 6) is 0.707. The fourth-order valence-corrected chi connectivity index (χ4v) is 1.89. The van der Waals surface area contributed by atoms with Crippen molar-refractivity contribution in [2.24, 2.45) is 0 Å². The van der Waals surface area contributed by atoms with Gasteiger partial charge in [0.1, 0.15) is 6.33 Å². The van der Waals surface area contributed by atoms with E-state index in [1.807, 2.05) is 25.3 Å². The molecule has 7 nitrogen and oxygen atoms in total. The molecule has 0 saturated heterocycles. The molecule has 0 radical (unpaired) electrons. The Morgan fingerprint density at radius 1 is 1.53 bits per heavy atom. The zero-order valence-electron chi connectivity index (χ0n) is 11.8. The molecular formula is C12H23N5O2. The molecular weight excluding hydrogens is 246 g/mol. The molecule has 0 saturated carbocycles. The van der Waals surface area contributed by atoms with E-state index in [2.05, 4.69) is 20.8 Å². The smallest absolute Gasteiger partial charge is 0.315 e. The number of aryl methyl sites for hydroxylation is 1. The van der Waals surface area contributed by atoms with Crippen LogP contribution in [0.3, 0.4) is 0 Å². The van der Waals surface area contributed by atoms with Crippen LogP contribution in [-0.4, -0.2) is 38.0 Å². The first-order valence-electron chi connectivity index (χ1n) is 6.58. The Kier molecular flexibility index (Phi) is 5.75. The highest BCUT2D eigenvalue weighted by Gasteiger charge is 2.24. The van der Waals surface area contributed by atoms with Crippen molar-refractivity contribution in [2.45, 2.75) is 52.2 Å². The summed E-state index contributed by atoms with van der Waals surface area (Å²) in [5, 5.41) is 22.6. The van der Waals surface area contributed by atoms with Gasteiger partial charge < -0.3 is 20.3 Å². The van der Waals surface area contributed by atoms with Gasteiger partial charge in [0, 0.05) is 6.54 Å². The summed E-state index contributed by atoms with van der Waals surface area (Å²) >= 11 is 0. The lowest BCUT2D eigenvalue weighted by Gasteiger charge is -2.28. The largest absolute Gasteiger partial charge is 0.394 e. The highest BCUT2D eigenvalue weighted by molar-refractivity contribution is 5.74. The molecule has 0 bridgehead atoms. The van der Waals surface area contributed by atoms with Gasteiger partial charge in [0.05, 0.1) is 18.7 Å². The van der Waals surface area contributed by atoms with Crippen molar-refractivity contribution in [3.8, 4) is 0 Å². The number of hydrogen-bond acceptors (Lipinski definition) is 4. The van der Waals surface area contributed by atoms with Crippen LogP contribution in [0.15, 0.2) is 6.33 Å². The monoisotopic (exact) mass is 269 g/mol. The summed E-state index contributed by atoms with van der Waals surface area (Å²) in [6.45, 7) is 6.81. The van der Waals surface area contributed by atoms with E-state index in [-0.39, 0.29) is 12.6 Å². The van der Waals surface area contributed by atoms with Gasteiger partial charge in [0.15, 0.2) is 5.82 Å². The van der Waals surface area contributed by atoms with E-state index in [0.717, 1.165) is 19.4 Å². The zero-order valence-corrected chi connectivity index (χ0v) is 11.8. The van der Waals surface area contributed by atoms with Crippen molar-refractivity contribution in [1.29, 1.82) is 0 Å². The Hall–Kier alpha value is -1.63. The Balaban J connectivity index is 2.47. The Labute approximate surface area is 113 Å². The van der Waals surface area contributed by atoms with Crippen molar-refractivity contribution >= 4 is 6.03 Å². The SMILES string of the molecule is CCCC(C)(CO)NC(=O)NCc1nncn1CC. The van der Waals surface area contributed by atoms with Crippen molar-refractivity contribution in [3.63, 3.8) is 0 Å². The van der Waals surface area contributed by atoms with Gasteiger partial charge >= 0.3 is 6.03 Å². The first kappa shape index (κ1) is 15.4. The molecule has 0 aliphatic rings. The maximum Gasteiger partial charge on any atom is 0.315 e. The minimum Gasteiger partial charge on any atom is -0.394 e. The number of carbonyl (C=O) groups excluding carboxylic acids is 1. The second kappa shape index (κ2) is 7.08. The number of aliphatic hydroxyl groups is 1. The van der Waals surface area contributed by atoms with E-state index >= 15 is 0 Å². The number of rotatable bonds is 7. The number of hydrogen-bond donors (Lipinski definition) is 3. The third-order valence-corrected chi connectivity index (χ3v) is 3.01. The summed E-state index contributed by atoms with van der Waals surface area (Å²) in [6, 6.07) is -0.310. The van der Waals surface area contributed by atoms with E-state index in [1.165, 1.54) is 0 Å². The number of nitrogens with one attached hydrogen (secondary N) is 2. The minimum absolute atomic E-state index is 0.0839. The molecule has 0 fully saturated rings. The van der Waals surface area contributed by atoms with Crippen LogP contribution in [0, 0.1) is 0 Å². The summed E-state index contributed by atoms with van der Waals surface area (Å²) in [6.07, 6.45) is 3.24. The molecule has 2 amide bonds. The fraction of sp³-hybridized carbons (Fsp3) is 0.750. The van der Waals surface area contributed by atoms with Gasteiger partial charge in [-0.1, -0.05) is 13.3 Å². The maximum absolute atomic E-state index is 11.8. The van der Waals surface area contributed by atoms with Gasteiger partial charge in [-0.3, -0.25) is 0 Å². The number of nitrogens with zero attached hydrogens (tertiary/aromatic N) is 3. The van der Waals surface area contributed by atoms with Crippen molar-refractivity contribution in [2.75, 3.05) is 6.61 Å². The molecule has 1 aromatic heterocycles. The lowest BCUT2D eigenvalue weighted by Crippen LogP contribution is -2.52. The average molecular weight is 269 g/mol. The minimum atomic E-state index is -0.586. The van der Waals surface area contributed by atoms with Crippen molar-refractivity contribution < 1.29 is 9.90 Å². The number of carbonyl (C=O) groups is 1. The predicted molar refractivity (Wildman–Crippen MR) is 71.5 cm³/mol. The maximum atomic E-state index is 11.8. The van der Waals surface area contributed by atoms with Crippen LogP contribution in [0.2, 0.25) is 0 Å². The van der Waals surface area contributed by atoms with E-state index in [4.69, 9.17) is 0 Å². The van der Waals surface area contributed by atoms with Crippen LogP contribution in [0.1, 0.15) is 39.4 Å². The highest BCUT2D eigenvalue weighted by atomic mass is 16.3. The van der Waals surface area contributed by atoms with Gasteiger partial charge in [-0.15, -0.1) is 10.2 Å². The number of aromatic nitrogens is 3. The van der Waals surface area contributed by atoms with E-state index in [1.54, 1.807) is 6.33 Å². The second-order valence-corrected chi connectivity index (χ2v) is 4.81. The van der Waals surface area contributed by atoms with Crippen molar-refractivity contribution in [3.05, 3.63) is 12.2 Å². The molecule has 1 heterocycles. The molecule has 1 aromatic rings. The van der Waals surface area contributed by atoms with E-state index < -0.39 is 5.54 Å². The average Bonchev–Trinajstić information content (AvgIpc) is 2.84. The Bertz CT molecular complexity index is 407. The molecule has 7 heteroatoms. The molecule has 1 unspecified atom stereocenters.